The van der Waals surface area contributed by atoms with Crippen LogP contribution in [-0.2, 0) is 10.0 Å². The highest BCUT2D eigenvalue weighted by Crippen LogP contribution is 2.25. The van der Waals surface area contributed by atoms with Crippen LogP contribution in [0.15, 0.2) is 39.8 Å². The first-order chi connectivity index (χ1) is 13.4. The fraction of sp³-hybridized carbons (Fsp3) is 0.368. The van der Waals surface area contributed by atoms with E-state index in [0.717, 1.165) is 12.8 Å². The van der Waals surface area contributed by atoms with Gasteiger partial charge in [-0.05, 0) is 63.9 Å². The number of hydrogen-bond donors (Lipinski definition) is 3. The lowest BCUT2D eigenvalue weighted by atomic mass is 10.1. The van der Waals surface area contributed by atoms with Crippen LogP contribution in [0, 0.1) is 0 Å². The Hall–Kier alpha value is -2.36. The predicted molar refractivity (Wildman–Crippen MR) is 109 cm³/mol. The number of benzene rings is 1. The van der Waals surface area contributed by atoms with Gasteiger partial charge < -0.3 is 15.1 Å². The normalized spacial score (nSPS) is 14.5. The van der Waals surface area contributed by atoms with Gasteiger partial charge in [-0.2, -0.15) is 0 Å². The van der Waals surface area contributed by atoms with Gasteiger partial charge in [0, 0.05) is 17.3 Å². The Bertz CT molecular complexity index is 1050. The van der Waals surface area contributed by atoms with Crippen LogP contribution >= 0.6 is 11.6 Å². The van der Waals surface area contributed by atoms with Crippen LogP contribution in [0.25, 0.3) is 0 Å². The summed E-state index contributed by atoms with van der Waals surface area (Å²) in [5.74, 6) is -1.08. The molecule has 156 valence electrons. The third-order valence-corrected chi connectivity index (χ3v) is 5.84. The summed E-state index contributed by atoms with van der Waals surface area (Å²) in [7, 11) is -3.89. The van der Waals surface area contributed by atoms with Gasteiger partial charge in [0.2, 0.25) is 5.09 Å². The van der Waals surface area contributed by atoms with E-state index in [2.05, 4.69) is 15.4 Å². The average Bonchev–Trinajstić information content (AvgIpc) is 3.23. The summed E-state index contributed by atoms with van der Waals surface area (Å²) in [6.07, 6.45) is 1.92. The monoisotopic (exact) mass is 439 g/mol. The molecule has 29 heavy (non-hydrogen) atoms. The maximum absolute atomic E-state index is 12.4. The largest absolute Gasteiger partial charge is 0.438 e. The average molecular weight is 440 g/mol. The first kappa shape index (κ1) is 21.4. The van der Waals surface area contributed by atoms with Gasteiger partial charge in [0.25, 0.3) is 21.8 Å². The van der Waals surface area contributed by atoms with E-state index in [1.54, 1.807) is 20.8 Å². The highest BCUT2D eigenvalue weighted by atomic mass is 35.5. The van der Waals surface area contributed by atoms with Crippen molar-refractivity contribution in [2.24, 2.45) is 0 Å². The zero-order chi connectivity index (χ0) is 21.4. The van der Waals surface area contributed by atoms with Crippen molar-refractivity contribution >= 4 is 39.1 Å². The van der Waals surface area contributed by atoms with E-state index in [1.165, 1.54) is 30.3 Å². The molecule has 3 rings (SSSR count). The van der Waals surface area contributed by atoms with Crippen LogP contribution in [0.2, 0.25) is 5.02 Å². The van der Waals surface area contributed by atoms with E-state index in [4.69, 9.17) is 16.0 Å². The predicted octanol–water partition coefficient (Wildman–Crippen LogP) is 3.15. The molecule has 0 radical (unpaired) electrons. The SMILES string of the molecule is CC(C)(C)NS(=O)(=O)c1ccc(C(=O)Nc2ccc(C(=O)NC3CC3)c(Cl)c2)o1. The molecule has 0 unspecified atom stereocenters. The van der Waals surface area contributed by atoms with Gasteiger partial charge in [0.05, 0.1) is 10.6 Å². The molecule has 2 aromatic rings. The minimum atomic E-state index is -3.89. The maximum Gasteiger partial charge on any atom is 0.291 e. The standard InChI is InChI=1S/C19H22ClN3O5S/c1-19(2,3)23-29(26,27)16-9-8-15(28-16)18(25)22-12-6-7-13(14(20)10-12)17(24)21-11-4-5-11/h6-11,23H,4-5H2,1-3H3,(H,21,24)(H,22,25). The topological polar surface area (TPSA) is 118 Å². The molecule has 1 aromatic heterocycles. The number of anilines is 1. The first-order valence-electron chi connectivity index (χ1n) is 9.00. The van der Waals surface area contributed by atoms with Crippen molar-refractivity contribution in [1.29, 1.82) is 0 Å². The van der Waals surface area contributed by atoms with Crippen molar-refractivity contribution in [3.63, 3.8) is 0 Å². The first-order valence-corrected chi connectivity index (χ1v) is 10.9. The number of carbonyl (C=O) groups is 2. The molecular formula is C19H22ClN3O5S. The Morgan fingerprint density at radius 1 is 1.10 bits per heavy atom. The number of rotatable bonds is 6. The van der Waals surface area contributed by atoms with Crippen LogP contribution in [0.5, 0.6) is 0 Å². The molecule has 0 aliphatic heterocycles. The lowest BCUT2D eigenvalue weighted by molar-refractivity contribution is 0.0950. The highest BCUT2D eigenvalue weighted by Gasteiger charge is 2.27. The van der Waals surface area contributed by atoms with Crippen LogP contribution < -0.4 is 15.4 Å². The molecule has 3 N–H and O–H groups in total. The number of nitrogens with one attached hydrogen (secondary N) is 3. The number of carbonyl (C=O) groups excluding carboxylic acids is 2. The molecule has 1 heterocycles. The van der Waals surface area contributed by atoms with Gasteiger partial charge in [0.15, 0.2) is 5.76 Å². The second kappa shape index (κ2) is 7.81. The van der Waals surface area contributed by atoms with Crippen LogP contribution in [-0.4, -0.2) is 31.8 Å². The molecule has 0 bridgehead atoms. The Morgan fingerprint density at radius 2 is 1.79 bits per heavy atom. The number of furan rings is 1. The molecule has 0 spiro atoms. The van der Waals surface area contributed by atoms with Crippen molar-refractivity contribution in [2.45, 2.75) is 50.3 Å². The van der Waals surface area contributed by atoms with E-state index in [-0.39, 0.29) is 27.8 Å². The molecule has 1 aliphatic carbocycles. The molecular weight excluding hydrogens is 418 g/mol. The van der Waals surface area contributed by atoms with Crippen molar-refractivity contribution < 1.29 is 22.4 Å². The third kappa shape index (κ3) is 5.59. The third-order valence-electron chi connectivity index (χ3n) is 3.89. The molecule has 1 aliphatic rings. The van der Waals surface area contributed by atoms with Crippen molar-refractivity contribution in [3.8, 4) is 0 Å². The molecule has 10 heteroatoms. The van der Waals surface area contributed by atoms with Crippen molar-refractivity contribution in [1.82, 2.24) is 10.0 Å². The Labute approximate surface area is 174 Å². The molecule has 0 saturated heterocycles. The lowest BCUT2D eigenvalue weighted by Crippen LogP contribution is -2.40. The number of sulfonamides is 1. The van der Waals surface area contributed by atoms with Gasteiger partial charge in [-0.1, -0.05) is 11.6 Å². The summed E-state index contributed by atoms with van der Waals surface area (Å²) < 4.78 is 32.2. The quantitative estimate of drug-likeness (QED) is 0.639. The van der Waals surface area contributed by atoms with Gasteiger partial charge in [-0.25, -0.2) is 13.1 Å². The molecule has 8 nitrogen and oxygen atoms in total. The van der Waals surface area contributed by atoms with E-state index >= 15 is 0 Å². The second-order valence-corrected chi connectivity index (χ2v) is 9.89. The van der Waals surface area contributed by atoms with Gasteiger partial charge in [0.1, 0.15) is 0 Å². The van der Waals surface area contributed by atoms with Crippen molar-refractivity contribution in [3.05, 3.63) is 46.7 Å². The summed E-state index contributed by atoms with van der Waals surface area (Å²) in [4.78, 5) is 24.5. The minimum Gasteiger partial charge on any atom is -0.438 e. The number of hydrogen-bond acceptors (Lipinski definition) is 5. The van der Waals surface area contributed by atoms with Gasteiger partial charge in [-0.3, -0.25) is 9.59 Å². The van der Waals surface area contributed by atoms with Crippen LogP contribution in [0.4, 0.5) is 5.69 Å². The number of amides is 2. The van der Waals surface area contributed by atoms with Gasteiger partial charge in [-0.15, -0.1) is 0 Å². The van der Waals surface area contributed by atoms with Gasteiger partial charge >= 0.3 is 0 Å². The second-order valence-electron chi connectivity index (χ2n) is 7.87. The lowest BCUT2D eigenvalue weighted by Gasteiger charge is -2.18. The fourth-order valence-corrected chi connectivity index (χ4v) is 4.12. The smallest absolute Gasteiger partial charge is 0.291 e. The minimum absolute atomic E-state index is 0.175. The van der Waals surface area contributed by atoms with E-state index < -0.39 is 21.5 Å². The summed E-state index contributed by atoms with van der Waals surface area (Å²) in [5.41, 5.74) is -0.0361. The maximum atomic E-state index is 12.4. The van der Waals surface area contributed by atoms with Crippen molar-refractivity contribution in [2.75, 3.05) is 5.32 Å². The van der Waals surface area contributed by atoms with Crippen LogP contribution in [0.1, 0.15) is 54.5 Å². The Kier molecular flexibility index (Phi) is 5.75. The van der Waals surface area contributed by atoms with E-state index in [1.807, 2.05) is 0 Å². The fourth-order valence-electron chi connectivity index (χ4n) is 2.50. The molecule has 1 fully saturated rings. The summed E-state index contributed by atoms with van der Waals surface area (Å²) in [6, 6.07) is 7.18. The van der Waals surface area contributed by atoms with Crippen LogP contribution in [0.3, 0.4) is 0 Å². The number of halogens is 1. The Morgan fingerprint density at radius 3 is 2.38 bits per heavy atom. The highest BCUT2D eigenvalue weighted by molar-refractivity contribution is 7.89. The molecule has 1 saturated carbocycles. The molecule has 2 amide bonds. The summed E-state index contributed by atoms with van der Waals surface area (Å²) in [6.45, 7) is 5.08. The summed E-state index contributed by atoms with van der Waals surface area (Å²) >= 11 is 6.16. The molecule has 0 atom stereocenters. The van der Waals surface area contributed by atoms with E-state index in [0.29, 0.717) is 11.3 Å². The Balaban J connectivity index is 1.70. The van der Waals surface area contributed by atoms with E-state index in [9.17, 15) is 18.0 Å². The zero-order valence-corrected chi connectivity index (χ0v) is 17.8. The zero-order valence-electron chi connectivity index (χ0n) is 16.2. The summed E-state index contributed by atoms with van der Waals surface area (Å²) in [5, 5.41) is 5.24. The molecule has 1 aromatic carbocycles.